The number of likely N-dealkylation sites (tertiary alicyclic amines) is 1. The van der Waals surface area contributed by atoms with Crippen molar-refractivity contribution in [3.8, 4) is 0 Å². The molecule has 1 aromatic heterocycles. The van der Waals surface area contributed by atoms with Crippen LogP contribution in [0.4, 0.5) is 0 Å². The average molecular weight is 249 g/mol. The maximum absolute atomic E-state index is 12.4. The van der Waals surface area contributed by atoms with Crippen molar-refractivity contribution in [1.29, 1.82) is 0 Å². The fraction of sp³-hybridized carbons (Fsp3) is 0.538. The highest BCUT2D eigenvalue weighted by atomic mass is 16.2. The molecular formula is C13H19N3O2. The molecule has 0 saturated carbocycles. The van der Waals surface area contributed by atoms with Crippen LogP contribution in [0.5, 0.6) is 0 Å². The first-order valence-electron chi connectivity index (χ1n) is 6.35. The SMILES string of the molecule is C[C@H](N)[C@H]1CCCCN1C(=O)c1cc[nH]c(=O)c1. The van der Waals surface area contributed by atoms with Crippen LogP contribution in [0.15, 0.2) is 23.1 Å². The first-order chi connectivity index (χ1) is 8.59. The van der Waals surface area contributed by atoms with E-state index in [-0.39, 0.29) is 23.6 Å². The summed E-state index contributed by atoms with van der Waals surface area (Å²) in [4.78, 5) is 27.9. The molecule has 1 aromatic rings. The second kappa shape index (κ2) is 5.35. The van der Waals surface area contributed by atoms with Gasteiger partial charge < -0.3 is 15.6 Å². The van der Waals surface area contributed by atoms with E-state index < -0.39 is 0 Å². The molecule has 2 rings (SSSR count). The van der Waals surface area contributed by atoms with Gasteiger partial charge in [0.05, 0.1) is 0 Å². The smallest absolute Gasteiger partial charge is 0.254 e. The number of nitrogens with two attached hydrogens (primary N) is 1. The van der Waals surface area contributed by atoms with E-state index in [9.17, 15) is 9.59 Å². The Kier molecular flexibility index (Phi) is 3.81. The number of hydrogen-bond donors (Lipinski definition) is 2. The molecule has 0 unspecified atom stereocenters. The van der Waals surface area contributed by atoms with Gasteiger partial charge in [0.25, 0.3) is 5.91 Å². The van der Waals surface area contributed by atoms with Crippen LogP contribution in [0.3, 0.4) is 0 Å². The molecular weight excluding hydrogens is 230 g/mol. The van der Waals surface area contributed by atoms with Crippen molar-refractivity contribution in [2.75, 3.05) is 6.54 Å². The standard InChI is InChI=1S/C13H19N3O2/c1-9(14)11-4-2-3-7-16(11)13(18)10-5-6-15-12(17)8-10/h5-6,8-9,11H,2-4,7,14H2,1H3,(H,15,17)/t9-,11+/m0/s1. The Morgan fingerprint density at radius 3 is 3.00 bits per heavy atom. The lowest BCUT2D eigenvalue weighted by atomic mass is 9.96. The number of amides is 1. The summed E-state index contributed by atoms with van der Waals surface area (Å²) in [5, 5.41) is 0. The van der Waals surface area contributed by atoms with Crippen LogP contribution in [-0.2, 0) is 0 Å². The number of pyridine rings is 1. The lowest BCUT2D eigenvalue weighted by molar-refractivity contribution is 0.0583. The van der Waals surface area contributed by atoms with E-state index in [1.807, 2.05) is 11.8 Å². The maximum Gasteiger partial charge on any atom is 0.254 e. The van der Waals surface area contributed by atoms with E-state index in [4.69, 9.17) is 5.73 Å². The number of carbonyl (C=O) groups excluding carboxylic acids is 1. The zero-order chi connectivity index (χ0) is 13.1. The van der Waals surface area contributed by atoms with Crippen molar-refractivity contribution in [2.24, 2.45) is 5.73 Å². The monoisotopic (exact) mass is 249 g/mol. The molecule has 0 radical (unpaired) electrons. The number of carbonyl (C=O) groups is 1. The van der Waals surface area contributed by atoms with Crippen LogP contribution in [0.1, 0.15) is 36.5 Å². The van der Waals surface area contributed by atoms with E-state index in [0.717, 1.165) is 25.8 Å². The average Bonchev–Trinajstić information content (AvgIpc) is 2.38. The van der Waals surface area contributed by atoms with Crippen LogP contribution < -0.4 is 11.3 Å². The van der Waals surface area contributed by atoms with Gasteiger partial charge in [-0.1, -0.05) is 0 Å². The molecule has 1 saturated heterocycles. The first kappa shape index (κ1) is 12.8. The van der Waals surface area contributed by atoms with Crippen LogP contribution in [-0.4, -0.2) is 34.4 Å². The van der Waals surface area contributed by atoms with E-state index in [1.165, 1.54) is 12.3 Å². The number of piperidine rings is 1. The normalized spacial score (nSPS) is 21.7. The van der Waals surface area contributed by atoms with Crippen molar-refractivity contribution in [2.45, 2.75) is 38.3 Å². The van der Waals surface area contributed by atoms with E-state index in [1.54, 1.807) is 6.07 Å². The summed E-state index contributed by atoms with van der Waals surface area (Å²) >= 11 is 0. The molecule has 1 fully saturated rings. The van der Waals surface area contributed by atoms with Gasteiger partial charge in [0.2, 0.25) is 5.56 Å². The maximum atomic E-state index is 12.4. The molecule has 0 aromatic carbocycles. The van der Waals surface area contributed by atoms with Crippen molar-refractivity contribution < 1.29 is 4.79 Å². The fourth-order valence-electron chi connectivity index (χ4n) is 2.50. The quantitative estimate of drug-likeness (QED) is 0.810. The zero-order valence-electron chi connectivity index (χ0n) is 10.6. The van der Waals surface area contributed by atoms with Crippen LogP contribution in [0.25, 0.3) is 0 Å². The predicted molar refractivity (Wildman–Crippen MR) is 69.4 cm³/mol. The third-order valence-corrected chi connectivity index (χ3v) is 3.44. The van der Waals surface area contributed by atoms with Gasteiger partial charge in [0, 0.05) is 36.5 Å². The molecule has 1 amide bonds. The summed E-state index contributed by atoms with van der Waals surface area (Å²) in [5.41, 5.74) is 6.12. The molecule has 0 spiro atoms. The third kappa shape index (κ3) is 2.61. The van der Waals surface area contributed by atoms with Crippen molar-refractivity contribution in [3.63, 3.8) is 0 Å². The van der Waals surface area contributed by atoms with Crippen LogP contribution in [0, 0.1) is 0 Å². The van der Waals surface area contributed by atoms with Gasteiger partial charge in [-0.2, -0.15) is 0 Å². The highest BCUT2D eigenvalue weighted by molar-refractivity contribution is 5.94. The van der Waals surface area contributed by atoms with Gasteiger partial charge in [-0.15, -0.1) is 0 Å². The summed E-state index contributed by atoms with van der Waals surface area (Å²) < 4.78 is 0. The minimum absolute atomic E-state index is 0.0451. The molecule has 0 bridgehead atoms. The predicted octanol–water partition coefficient (Wildman–Crippen LogP) is 0.717. The van der Waals surface area contributed by atoms with Gasteiger partial charge in [0.15, 0.2) is 0 Å². The summed E-state index contributed by atoms with van der Waals surface area (Å²) in [7, 11) is 0. The number of rotatable bonds is 2. The highest BCUT2D eigenvalue weighted by Crippen LogP contribution is 2.20. The number of H-pyrrole nitrogens is 1. The lowest BCUT2D eigenvalue weighted by Crippen LogP contribution is -2.51. The Balaban J connectivity index is 2.23. The Morgan fingerprint density at radius 1 is 1.56 bits per heavy atom. The molecule has 2 heterocycles. The zero-order valence-corrected chi connectivity index (χ0v) is 10.6. The summed E-state index contributed by atoms with van der Waals surface area (Å²) in [5.74, 6) is -0.0944. The fourth-order valence-corrected chi connectivity index (χ4v) is 2.50. The van der Waals surface area contributed by atoms with Gasteiger partial charge in [-0.3, -0.25) is 9.59 Å². The minimum atomic E-state index is -0.254. The van der Waals surface area contributed by atoms with Crippen molar-refractivity contribution in [1.82, 2.24) is 9.88 Å². The van der Waals surface area contributed by atoms with E-state index in [2.05, 4.69) is 4.98 Å². The van der Waals surface area contributed by atoms with Crippen molar-refractivity contribution in [3.05, 3.63) is 34.2 Å². The summed E-state index contributed by atoms with van der Waals surface area (Å²) in [6, 6.07) is 3.01. The molecule has 1 aliphatic rings. The highest BCUT2D eigenvalue weighted by Gasteiger charge is 2.29. The molecule has 3 N–H and O–H groups in total. The van der Waals surface area contributed by atoms with Crippen molar-refractivity contribution >= 4 is 5.91 Å². The van der Waals surface area contributed by atoms with Gasteiger partial charge in [-0.25, -0.2) is 0 Å². The van der Waals surface area contributed by atoms with Gasteiger partial charge >= 0.3 is 0 Å². The molecule has 18 heavy (non-hydrogen) atoms. The Morgan fingerprint density at radius 2 is 2.33 bits per heavy atom. The Hall–Kier alpha value is -1.62. The molecule has 0 aliphatic carbocycles. The summed E-state index contributed by atoms with van der Waals surface area (Å²) in [6.07, 6.45) is 4.54. The van der Waals surface area contributed by atoms with Crippen LogP contribution >= 0.6 is 0 Å². The Bertz CT molecular complexity index is 481. The van der Waals surface area contributed by atoms with E-state index >= 15 is 0 Å². The molecule has 2 atom stereocenters. The third-order valence-electron chi connectivity index (χ3n) is 3.44. The van der Waals surface area contributed by atoms with Crippen LogP contribution in [0.2, 0.25) is 0 Å². The second-order valence-corrected chi connectivity index (χ2v) is 4.86. The van der Waals surface area contributed by atoms with Gasteiger partial charge in [0.1, 0.15) is 0 Å². The number of nitrogens with one attached hydrogen (secondary N) is 1. The number of hydrogen-bond acceptors (Lipinski definition) is 3. The first-order valence-corrected chi connectivity index (χ1v) is 6.35. The Labute approximate surface area is 106 Å². The minimum Gasteiger partial charge on any atom is -0.334 e. The number of aromatic nitrogens is 1. The van der Waals surface area contributed by atoms with E-state index in [0.29, 0.717) is 5.56 Å². The largest absolute Gasteiger partial charge is 0.334 e. The molecule has 1 aliphatic heterocycles. The molecule has 5 nitrogen and oxygen atoms in total. The molecule has 98 valence electrons. The number of nitrogens with zero attached hydrogens (tertiary/aromatic N) is 1. The summed E-state index contributed by atoms with van der Waals surface area (Å²) in [6.45, 7) is 2.64. The lowest BCUT2D eigenvalue weighted by Gasteiger charge is -2.38. The molecule has 5 heteroatoms. The number of aromatic amines is 1. The second-order valence-electron chi connectivity index (χ2n) is 4.86. The topological polar surface area (TPSA) is 79.2 Å². The van der Waals surface area contributed by atoms with Gasteiger partial charge in [-0.05, 0) is 32.3 Å².